The molecule has 0 unspecified atom stereocenters. The van der Waals surface area contributed by atoms with E-state index in [0.717, 1.165) is 30.8 Å². The van der Waals surface area contributed by atoms with E-state index in [1.165, 1.54) is 17.7 Å². The molecule has 0 saturated carbocycles. The van der Waals surface area contributed by atoms with Gasteiger partial charge in [0.05, 0.1) is 24.5 Å². The van der Waals surface area contributed by atoms with Crippen LogP contribution in [0.15, 0.2) is 54.3 Å². The Labute approximate surface area is 200 Å². The Morgan fingerprint density at radius 3 is 2.35 bits per heavy atom. The lowest BCUT2D eigenvalue weighted by molar-refractivity contribution is -0.111. The zero-order chi connectivity index (χ0) is 24.3. The molecular weight excluding hydrogens is 435 g/mol. The number of rotatable bonds is 9. The smallest absolute Gasteiger partial charge is 0.260 e. The van der Waals surface area contributed by atoms with Gasteiger partial charge in [-0.05, 0) is 49.2 Å². The first-order chi connectivity index (χ1) is 16.3. The van der Waals surface area contributed by atoms with Crippen LogP contribution in [0.3, 0.4) is 0 Å². The highest BCUT2D eigenvalue weighted by Gasteiger charge is 2.38. The Balaban J connectivity index is 1.59. The predicted octanol–water partition coefficient (Wildman–Crippen LogP) is 4.48. The lowest BCUT2D eigenvalue weighted by Gasteiger charge is -2.24. The standard InChI is InChI=1S/C27H31FN2O4/c1-27(2)22(16-24(34-27)25-21-10-9-20(28)15-23(21)29-26(25)31)19-7-5-18(6-8-19)17-30(11-13-32-3)12-14-33-4/h5-10,15-16H,11-14,17H2,1-4H3,(H,29,31)/b25-24+. The van der Waals surface area contributed by atoms with Gasteiger partial charge in [-0.25, -0.2) is 4.39 Å². The van der Waals surface area contributed by atoms with E-state index < -0.39 is 11.4 Å². The van der Waals surface area contributed by atoms with Crippen LogP contribution in [0.25, 0.3) is 11.1 Å². The monoisotopic (exact) mass is 466 g/mol. The number of allylic oxidation sites excluding steroid dienone is 1. The van der Waals surface area contributed by atoms with Crippen molar-refractivity contribution in [1.82, 2.24) is 4.90 Å². The molecule has 0 fully saturated rings. The maximum absolute atomic E-state index is 13.6. The second-order valence-corrected chi connectivity index (χ2v) is 9.01. The molecule has 1 amide bonds. The number of carbonyl (C=O) groups is 1. The van der Waals surface area contributed by atoms with E-state index in [2.05, 4.69) is 34.5 Å². The molecule has 0 atom stereocenters. The van der Waals surface area contributed by atoms with Crippen molar-refractivity contribution in [3.05, 3.63) is 76.8 Å². The van der Waals surface area contributed by atoms with E-state index in [1.54, 1.807) is 20.3 Å². The zero-order valence-corrected chi connectivity index (χ0v) is 20.1. The van der Waals surface area contributed by atoms with Crippen molar-refractivity contribution < 1.29 is 23.4 Å². The third-order valence-electron chi connectivity index (χ3n) is 6.16. The maximum atomic E-state index is 13.6. The van der Waals surface area contributed by atoms with Gasteiger partial charge < -0.3 is 19.5 Å². The fraction of sp³-hybridized carbons (Fsp3) is 0.370. The van der Waals surface area contributed by atoms with E-state index in [1.807, 2.05) is 19.9 Å². The van der Waals surface area contributed by atoms with Crippen molar-refractivity contribution in [3.8, 4) is 0 Å². The van der Waals surface area contributed by atoms with Crippen LogP contribution in [0, 0.1) is 5.82 Å². The van der Waals surface area contributed by atoms with Gasteiger partial charge in [-0.1, -0.05) is 24.3 Å². The van der Waals surface area contributed by atoms with Crippen molar-refractivity contribution >= 4 is 22.7 Å². The molecule has 0 spiro atoms. The molecule has 0 bridgehead atoms. The Morgan fingerprint density at radius 1 is 1.03 bits per heavy atom. The molecule has 1 N–H and O–H groups in total. The Kier molecular flexibility index (Phi) is 7.16. The first-order valence-corrected chi connectivity index (χ1v) is 11.4. The summed E-state index contributed by atoms with van der Waals surface area (Å²) in [6, 6.07) is 12.7. The van der Waals surface area contributed by atoms with Crippen LogP contribution in [0.4, 0.5) is 10.1 Å². The molecule has 0 aromatic heterocycles. The summed E-state index contributed by atoms with van der Waals surface area (Å²) in [6.45, 7) is 7.76. The number of methoxy groups -OCH3 is 2. The SMILES string of the molecule is COCCN(CCOC)Cc1ccc(C2=C/C(=C3\C(=O)Nc4cc(F)ccc43)OC2(C)C)cc1. The van der Waals surface area contributed by atoms with Gasteiger partial charge in [-0.2, -0.15) is 0 Å². The Morgan fingerprint density at radius 2 is 1.71 bits per heavy atom. The minimum absolute atomic E-state index is 0.286. The number of hydrogen-bond donors (Lipinski definition) is 1. The van der Waals surface area contributed by atoms with Crippen molar-refractivity contribution in [2.24, 2.45) is 0 Å². The summed E-state index contributed by atoms with van der Waals surface area (Å²) in [5.74, 6) is -0.180. The number of benzene rings is 2. The van der Waals surface area contributed by atoms with E-state index in [9.17, 15) is 9.18 Å². The van der Waals surface area contributed by atoms with Crippen molar-refractivity contribution in [2.45, 2.75) is 26.0 Å². The molecule has 2 aromatic rings. The molecular formula is C27H31FN2O4. The quantitative estimate of drug-likeness (QED) is 0.553. The Bertz CT molecular complexity index is 1110. The largest absolute Gasteiger partial charge is 0.482 e. The highest BCUT2D eigenvalue weighted by atomic mass is 19.1. The van der Waals surface area contributed by atoms with E-state index in [-0.39, 0.29) is 5.91 Å². The van der Waals surface area contributed by atoms with Gasteiger partial charge >= 0.3 is 0 Å². The molecule has 0 aliphatic carbocycles. The number of ether oxygens (including phenoxy) is 3. The van der Waals surface area contributed by atoms with Crippen LogP contribution in [-0.2, 0) is 25.5 Å². The summed E-state index contributed by atoms with van der Waals surface area (Å²) in [7, 11) is 3.41. The van der Waals surface area contributed by atoms with Crippen LogP contribution in [0.1, 0.15) is 30.5 Å². The third kappa shape index (κ3) is 5.06. The van der Waals surface area contributed by atoms with Crippen LogP contribution in [0.2, 0.25) is 0 Å². The van der Waals surface area contributed by atoms with Gasteiger partial charge in [0.2, 0.25) is 0 Å². The summed E-state index contributed by atoms with van der Waals surface area (Å²) in [5, 5.41) is 2.73. The molecule has 7 heteroatoms. The van der Waals surface area contributed by atoms with Gasteiger partial charge in [0.25, 0.3) is 5.91 Å². The van der Waals surface area contributed by atoms with E-state index in [0.29, 0.717) is 35.8 Å². The van der Waals surface area contributed by atoms with Crippen molar-refractivity contribution in [3.63, 3.8) is 0 Å². The Hall–Kier alpha value is -3.00. The second kappa shape index (κ2) is 10.1. The molecule has 0 saturated heterocycles. The second-order valence-electron chi connectivity index (χ2n) is 9.01. The van der Waals surface area contributed by atoms with E-state index >= 15 is 0 Å². The summed E-state index contributed by atoms with van der Waals surface area (Å²) in [4.78, 5) is 15.0. The van der Waals surface area contributed by atoms with Gasteiger partial charge in [0.15, 0.2) is 0 Å². The average Bonchev–Trinajstić information content (AvgIpc) is 3.30. The zero-order valence-electron chi connectivity index (χ0n) is 20.1. The van der Waals surface area contributed by atoms with Gasteiger partial charge in [-0.15, -0.1) is 0 Å². The molecule has 2 heterocycles. The highest BCUT2D eigenvalue weighted by molar-refractivity contribution is 6.32. The number of nitrogens with zero attached hydrogens (tertiary/aromatic N) is 1. The first kappa shape index (κ1) is 24.1. The molecule has 0 radical (unpaired) electrons. The van der Waals surface area contributed by atoms with Crippen LogP contribution < -0.4 is 5.32 Å². The number of carbonyl (C=O) groups excluding carboxylic acids is 1. The van der Waals surface area contributed by atoms with Gasteiger partial charge in [0, 0.05) is 45.0 Å². The summed E-state index contributed by atoms with van der Waals surface area (Å²) in [5.41, 5.74) is 4.14. The average molecular weight is 467 g/mol. The molecule has 6 nitrogen and oxygen atoms in total. The minimum Gasteiger partial charge on any atom is -0.482 e. The number of anilines is 1. The topological polar surface area (TPSA) is 60.0 Å². The number of halogens is 1. The van der Waals surface area contributed by atoms with Crippen LogP contribution in [-0.4, -0.2) is 56.9 Å². The lowest BCUT2D eigenvalue weighted by Crippen LogP contribution is -2.30. The molecule has 180 valence electrons. The number of hydrogen-bond acceptors (Lipinski definition) is 5. The normalized spacial score (nSPS) is 18.6. The number of amides is 1. The number of nitrogens with one attached hydrogen (secondary N) is 1. The fourth-order valence-electron chi connectivity index (χ4n) is 4.37. The predicted molar refractivity (Wildman–Crippen MR) is 131 cm³/mol. The highest BCUT2D eigenvalue weighted by Crippen LogP contribution is 2.44. The van der Waals surface area contributed by atoms with Crippen LogP contribution >= 0.6 is 0 Å². The fourth-order valence-corrected chi connectivity index (χ4v) is 4.37. The molecule has 2 aromatic carbocycles. The van der Waals surface area contributed by atoms with Crippen molar-refractivity contribution in [2.75, 3.05) is 45.8 Å². The maximum Gasteiger partial charge on any atom is 0.260 e. The molecule has 4 rings (SSSR count). The van der Waals surface area contributed by atoms with Gasteiger partial charge in [0.1, 0.15) is 17.2 Å². The number of fused-ring (bicyclic) bond motifs is 1. The lowest BCUT2D eigenvalue weighted by atomic mass is 9.91. The van der Waals surface area contributed by atoms with E-state index in [4.69, 9.17) is 14.2 Å². The van der Waals surface area contributed by atoms with Crippen molar-refractivity contribution in [1.29, 1.82) is 0 Å². The van der Waals surface area contributed by atoms with Gasteiger partial charge in [-0.3, -0.25) is 9.69 Å². The molecule has 2 aliphatic heterocycles. The molecule has 34 heavy (non-hydrogen) atoms. The first-order valence-electron chi connectivity index (χ1n) is 11.4. The summed E-state index contributed by atoms with van der Waals surface area (Å²) >= 11 is 0. The third-order valence-corrected chi connectivity index (χ3v) is 6.16. The van der Waals surface area contributed by atoms with Crippen LogP contribution in [0.5, 0.6) is 0 Å². The minimum atomic E-state index is -0.615. The summed E-state index contributed by atoms with van der Waals surface area (Å²) in [6.07, 6.45) is 1.92. The molecule has 2 aliphatic rings. The summed E-state index contributed by atoms with van der Waals surface area (Å²) < 4.78 is 30.3.